The summed E-state index contributed by atoms with van der Waals surface area (Å²) in [6.45, 7) is 6.08. The van der Waals surface area contributed by atoms with Crippen molar-refractivity contribution < 1.29 is 33.1 Å². The fourth-order valence-corrected chi connectivity index (χ4v) is 6.95. The monoisotopic (exact) mass is 712 g/mol. The van der Waals surface area contributed by atoms with E-state index in [-0.39, 0.29) is 41.5 Å². The highest BCUT2D eigenvalue weighted by Gasteiger charge is 2.45. The van der Waals surface area contributed by atoms with Crippen LogP contribution in [0.1, 0.15) is 77.3 Å². The fourth-order valence-electron chi connectivity index (χ4n) is 6.95. The van der Waals surface area contributed by atoms with E-state index < -0.39 is 29.7 Å². The third-order valence-corrected chi connectivity index (χ3v) is 10.1. The zero-order valence-corrected chi connectivity index (χ0v) is 29.3. The van der Waals surface area contributed by atoms with Gasteiger partial charge in [-0.15, -0.1) is 10.2 Å². The highest BCUT2D eigenvalue weighted by atomic mass is 16.5. The Bertz CT molecular complexity index is 2240. The van der Waals surface area contributed by atoms with Crippen LogP contribution in [0.5, 0.6) is 17.2 Å². The van der Waals surface area contributed by atoms with Crippen molar-refractivity contribution in [2.75, 3.05) is 5.32 Å². The van der Waals surface area contributed by atoms with Crippen molar-refractivity contribution in [3.8, 4) is 28.8 Å². The average Bonchev–Trinajstić information content (AvgIpc) is 3.67. The molecule has 0 radical (unpaired) electrons. The molecular weight excluding hydrogens is 676 g/mol. The number of imide groups is 2. The number of anilines is 1. The first-order valence-corrected chi connectivity index (χ1v) is 17.5. The predicted molar refractivity (Wildman–Crippen MR) is 192 cm³/mol. The molecule has 4 amide bonds. The van der Waals surface area contributed by atoms with E-state index in [9.17, 15) is 19.2 Å². The summed E-state index contributed by atoms with van der Waals surface area (Å²) >= 11 is 0. The Kier molecular flexibility index (Phi) is 8.48. The Labute approximate surface area is 304 Å². The van der Waals surface area contributed by atoms with E-state index >= 15 is 0 Å². The Morgan fingerprint density at radius 1 is 0.830 bits per heavy atom. The first-order chi connectivity index (χ1) is 25.5. The molecule has 1 unspecified atom stereocenters. The van der Waals surface area contributed by atoms with Gasteiger partial charge in [0.05, 0.1) is 11.1 Å². The van der Waals surface area contributed by atoms with Gasteiger partial charge in [-0.2, -0.15) is 0 Å². The van der Waals surface area contributed by atoms with Crippen LogP contribution < -0.4 is 20.1 Å². The minimum absolute atomic E-state index is 0.0344. The molecule has 0 bridgehead atoms. The number of hydrogen-bond donors (Lipinski definition) is 2. The molecule has 2 aromatic heterocycles. The lowest BCUT2D eigenvalue weighted by atomic mass is 9.78. The normalized spacial score (nSPS) is 19.8. The molecule has 2 aliphatic heterocycles. The maximum absolute atomic E-state index is 13.2. The number of carbonyl (C=O) groups excluding carboxylic acids is 4. The summed E-state index contributed by atoms with van der Waals surface area (Å²) < 4.78 is 17.8. The Morgan fingerprint density at radius 2 is 1.53 bits per heavy atom. The maximum atomic E-state index is 13.2. The number of fused-ring (bicyclic) bond motifs is 1. The predicted octanol–water partition coefficient (Wildman–Crippen LogP) is 5.98. The minimum atomic E-state index is -0.990. The van der Waals surface area contributed by atoms with Gasteiger partial charge in [-0.1, -0.05) is 38.1 Å². The molecule has 13 heteroatoms. The van der Waals surface area contributed by atoms with Crippen molar-refractivity contribution in [2.45, 2.75) is 70.1 Å². The van der Waals surface area contributed by atoms with E-state index in [1.807, 2.05) is 24.3 Å². The zero-order chi connectivity index (χ0) is 36.9. The van der Waals surface area contributed by atoms with Crippen LogP contribution in [0.3, 0.4) is 0 Å². The van der Waals surface area contributed by atoms with Crippen molar-refractivity contribution in [2.24, 2.45) is 0 Å². The maximum Gasteiger partial charge on any atom is 0.266 e. The lowest BCUT2D eigenvalue weighted by Crippen LogP contribution is -2.54. The molecular formula is C40H36N6O7. The third-order valence-electron chi connectivity index (χ3n) is 10.1. The van der Waals surface area contributed by atoms with Gasteiger partial charge in [0.25, 0.3) is 17.7 Å². The van der Waals surface area contributed by atoms with Crippen LogP contribution in [0.2, 0.25) is 0 Å². The summed E-state index contributed by atoms with van der Waals surface area (Å²) in [5.74, 6) is 0.825. The van der Waals surface area contributed by atoms with Crippen molar-refractivity contribution in [1.29, 1.82) is 0 Å². The fraction of sp³-hybridized carbons (Fsp3) is 0.275. The number of hydrogen-bond acceptors (Lipinski definition) is 11. The second-order valence-electron chi connectivity index (χ2n) is 14.0. The van der Waals surface area contributed by atoms with Crippen LogP contribution in [-0.4, -0.2) is 61.9 Å². The number of amides is 4. The second kappa shape index (κ2) is 13.3. The SMILES string of the molecule is Cc1nnc(-c2cc(Oc3ccc(C(C)(C)c4ccc(O[C@H]5C[C@H](Nc6ccc7c(c6)C(=O)N(C6CCC(=O)NC6=O)C7=O)C5)cc4)cc3)ccn2)o1. The molecule has 3 aliphatic rings. The summed E-state index contributed by atoms with van der Waals surface area (Å²) in [4.78, 5) is 55.4. The molecule has 13 nitrogen and oxygen atoms in total. The van der Waals surface area contributed by atoms with E-state index in [0.717, 1.165) is 34.6 Å². The van der Waals surface area contributed by atoms with E-state index in [1.165, 1.54) is 0 Å². The van der Waals surface area contributed by atoms with Crippen LogP contribution in [-0.2, 0) is 15.0 Å². The van der Waals surface area contributed by atoms with E-state index in [0.29, 0.717) is 34.7 Å². The van der Waals surface area contributed by atoms with Gasteiger partial charge in [-0.25, -0.2) is 0 Å². The summed E-state index contributed by atoms with van der Waals surface area (Å²) in [6, 6.07) is 23.9. The standard InChI is InChI=1S/C40H36N6O7/c1-22-44-45-37(51-22)33-21-29(16-17-41-33)52-27-9-4-23(5-10-27)40(2,3)24-6-11-28(12-7-24)53-30-18-26(19-30)42-25-8-13-31-32(20-25)39(50)46(38(31)49)34-14-15-35(47)43-36(34)48/h4-13,16-17,20-21,26,30,34,42H,14-15,18-19H2,1-3H3,(H,43,47,48)/t26-,30-,34?. The van der Waals surface area contributed by atoms with Gasteiger partial charge in [-0.05, 0) is 66.1 Å². The molecule has 3 aromatic carbocycles. The van der Waals surface area contributed by atoms with Gasteiger partial charge < -0.3 is 19.2 Å². The van der Waals surface area contributed by atoms with Crippen LogP contribution >= 0.6 is 0 Å². The zero-order valence-electron chi connectivity index (χ0n) is 29.3. The van der Waals surface area contributed by atoms with Crippen molar-refractivity contribution in [3.63, 3.8) is 0 Å². The summed E-state index contributed by atoms with van der Waals surface area (Å²) in [6.07, 6.45) is 3.41. The second-order valence-corrected chi connectivity index (χ2v) is 14.0. The molecule has 8 rings (SSSR count). The molecule has 2 N–H and O–H groups in total. The molecule has 1 aliphatic carbocycles. The van der Waals surface area contributed by atoms with Gasteiger partial charge in [0.15, 0.2) is 0 Å². The smallest absolute Gasteiger partial charge is 0.266 e. The van der Waals surface area contributed by atoms with Gasteiger partial charge in [0.1, 0.15) is 35.1 Å². The number of aromatic nitrogens is 3. The number of carbonyl (C=O) groups is 4. The lowest BCUT2D eigenvalue weighted by molar-refractivity contribution is -0.136. The Morgan fingerprint density at radius 3 is 2.21 bits per heavy atom. The Hall–Kier alpha value is -6.37. The van der Waals surface area contributed by atoms with E-state index in [2.05, 4.69) is 63.9 Å². The number of nitrogens with one attached hydrogen (secondary N) is 2. The van der Waals surface area contributed by atoms with Gasteiger partial charge in [0.2, 0.25) is 17.7 Å². The third kappa shape index (κ3) is 6.61. The highest BCUT2D eigenvalue weighted by molar-refractivity contribution is 6.23. The van der Waals surface area contributed by atoms with Crippen molar-refractivity contribution in [1.82, 2.24) is 25.4 Å². The number of pyridine rings is 1. The van der Waals surface area contributed by atoms with Crippen LogP contribution in [0.15, 0.2) is 89.5 Å². The number of benzene rings is 3. The molecule has 268 valence electrons. The number of aryl methyl sites for hydroxylation is 1. The number of ether oxygens (including phenoxy) is 2. The first-order valence-electron chi connectivity index (χ1n) is 17.5. The minimum Gasteiger partial charge on any atom is -0.490 e. The van der Waals surface area contributed by atoms with Gasteiger partial charge >= 0.3 is 0 Å². The largest absolute Gasteiger partial charge is 0.490 e. The van der Waals surface area contributed by atoms with Gasteiger partial charge in [-0.3, -0.25) is 34.4 Å². The molecule has 4 heterocycles. The molecule has 1 atom stereocenters. The van der Waals surface area contributed by atoms with E-state index in [4.69, 9.17) is 13.9 Å². The Balaban J connectivity index is 0.839. The molecule has 2 fully saturated rings. The number of rotatable bonds is 10. The van der Waals surface area contributed by atoms with Crippen LogP contribution in [0, 0.1) is 6.92 Å². The first kappa shape index (κ1) is 33.8. The van der Waals surface area contributed by atoms with Gasteiger partial charge in [0, 0.05) is 55.6 Å². The average molecular weight is 713 g/mol. The summed E-state index contributed by atoms with van der Waals surface area (Å²) in [5.41, 5.74) is 3.75. The summed E-state index contributed by atoms with van der Waals surface area (Å²) in [7, 11) is 0. The molecule has 5 aromatic rings. The topological polar surface area (TPSA) is 166 Å². The number of nitrogens with zero attached hydrogens (tertiary/aromatic N) is 4. The lowest BCUT2D eigenvalue weighted by Gasteiger charge is -2.36. The summed E-state index contributed by atoms with van der Waals surface area (Å²) in [5, 5.41) is 13.5. The van der Waals surface area contributed by atoms with Crippen LogP contribution in [0.4, 0.5) is 5.69 Å². The van der Waals surface area contributed by atoms with Crippen molar-refractivity contribution >= 4 is 29.3 Å². The molecule has 0 spiro atoms. The number of piperidine rings is 1. The van der Waals surface area contributed by atoms with E-state index in [1.54, 1.807) is 43.5 Å². The molecule has 53 heavy (non-hydrogen) atoms. The highest BCUT2D eigenvalue weighted by Crippen LogP contribution is 2.36. The van der Waals surface area contributed by atoms with Crippen LogP contribution in [0.25, 0.3) is 11.6 Å². The molecule has 1 saturated heterocycles. The van der Waals surface area contributed by atoms with Crippen molar-refractivity contribution in [3.05, 3.63) is 113 Å². The quantitative estimate of drug-likeness (QED) is 0.164. The molecule has 1 saturated carbocycles.